The first-order valence-corrected chi connectivity index (χ1v) is 9.35. The molecule has 0 saturated carbocycles. The summed E-state index contributed by atoms with van der Waals surface area (Å²) >= 11 is 0. The average molecular weight is 398 g/mol. The third-order valence-electron chi connectivity index (χ3n) is 4.65. The SMILES string of the molecule is CC(C)[C@H](NC(=O)N1CC(=O)Nc2ccccc21)C(=O)NCc1ccccc1F. The molecule has 1 heterocycles. The Bertz CT molecular complexity index is 932. The highest BCUT2D eigenvalue weighted by Gasteiger charge is 2.31. The fraction of sp³-hybridized carbons (Fsp3) is 0.286. The Labute approximate surface area is 168 Å². The van der Waals surface area contributed by atoms with E-state index in [-0.39, 0.29) is 24.9 Å². The number of para-hydroxylation sites is 2. The van der Waals surface area contributed by atoms with Gasteiger partial charge in [0.25, 0.3) is 0 Å². The van der Waals surface area contributed by atoms with Gasteiger partial charge in [0.1, 0.15) is 18.4 Å². The predicted octanol–water partition coefficient (Wildman–Crippen LogP) is 2.63. The average Bonchev–Trinajstić information content (AvgIpc) is 2.70. The smallest absolute Gasteiger partial charge is 0.323 e. The number of benzene rings is 2. The molecule has 0 aliphatic carbocycles. The minimum atomic E-state index is -0.841. The first-order chi connectivity index (χ1) is 13.9. The molecule has 3 N–H and O–H groups in total. The molecule has 29 heavy (non-hydrogen) atoms. The van der Waals surface area contributed by atoms with E-state index in [2.05, 4.69) is 16.0 Å². The summed E-state index contributed by atoms with van der Waals surface area (Å²) in [7, 11) is 0. The first kappa shape index (κ1) is 20.3. The van der Waals surface area contributed by atoms with E-state index in [4.69, 9.17) is 0 Å². The van der Waals surface area contributed by atoms with Gasteiger partial charge >= 0.3 is 6.03 Å². The topological polar surface area (TPSA) is 90.5 Å². The van der Waals surface area contributed by atoms with E-state index in [9.17, 15) is 18.8 Å². The Morgan fingerprint density at radius 3 is 2.55 bits per heavy atom. The third-order valence-corrected chi connectivity index (χ3v) is 4.65. The molecule has 1 aliphatic rings. The Balaban J connectivity index is 1.70. The predicted molar refractivity (Wildman–Crippen MR) is 108 cm³/mol. The van der Waals surface area contributed by atoms with Crippen molar-refractivity contribution in [3.8, 4) is 0 Å². The number of nitrogens with one attached hydrogen (secondary N) is 3. The second-order valence-corrected chi connectivity index (χ2v) is 7.13. The Morgan fingerprint density at radius 1 is 1.14 bits per heavy atom. The summed E-state index contributed by atoms with van der Waals surface area (Å²) < 4.78 is 13.8. The molecular weight excluding hydrogens is 375 g/mol. The van der Waals surface area contributed by atoms with Gasteiger partial charge < -0.3 is 16.0 Å². The molecule has 0 bridgehead atoms. The van der Waals surface area contributed by atoms with Crippen LogP contribution in [0.15, 0.2) is 48.5 Å². The summed E-state index contributed by atoms with van der Waals surface area (Å²) in [6.07, 6.45) is 0. The number of rotatable bonds is 5. The van der Waals surface area contributed by atoms with Crippen molar-refractivity contribution in [1.82, 2.24) is 10.6 Å². The summed E-state index contributed by atoms with van der Waals surface area (Å²) in [6.45, 7) is 3.46. The van der Waals surface area contributed by atoms with Gasteiger partial charge in [0.15, 0.2) is 0 Å². The Kier molecular flexibility index (Phi) is 6.11. The van der Waals surface area contributed by atoms with Gasteiger partial charge in [-0.05, 0) is 24.1 Å². The lowest BCUT2D eigenvalue weighted by Crippen LogP contribution is -2.55. The molecule has 8 heteroatoms. The minimum absolute atomic E-state index is 0.0134. The lowest BCUT2D eigenvalue weighted by Gasteiger charge is -2.31. The Morgan fingerprint density at radius 2 is 1.83 bits per heavy atom. The van der Waals surface area contributed by atoms with Crippen LogP contribution in [0.3, 0.4) is 0 Å². The molecule has 0 saturated heterocycles. The second kappa shape index (κ2) is 8.72. The third kappa shape index (κ3) is 4.71. The fourth-order valence-electron chi connectivity index (χ4n) is 3.09. The molecule has 4 amide bonds. The summed E-state index contributed by atoms with van der Waals surface area (Å²) in [6, 6.07) is 11.7. The van der Waals surface area contributed by atoms with E-state index in [1.54, 1.807) is 56.3 Å². The van der Waals surface area contributed by atoms with Gasteiger partial charge in [-0.25, -0.2) is 9.18 Å². The van der Waals surface area contributed by atoms with Gasteiger partial charge in [-0.1, -0.05) is 44.2 Å². The summed E-state index contributed by atoms with van der Waals surface area (Å²) in [4.78, 5) is 38.7. The molecule has 0 aromatic heterocycles. The van der Waals surface area contributed by atoms with Gasteiger partial charge in [-0.2, -0.15) is 0 Å². The van der Waals surface area contributed by atoms with Crippen molar-refractivity contribution < 1.29 is 18.8 Å². The van der Waals surface area contributed by atoms with Crippen LogP contribution in [0.4, 0.5) is 20.6 Å². The van der Waals surface area contributed by atoms with Crippen LogP contribution in [0.1, 0.15) is 19.4 Å². The van der Waals surface area contributed by atoms with Gasteiger partial charge in [-0.3, -0.25) is 14.5 Å². The monoisotopic (exact) mass is 398 g/mol. The normalized spacial score (nSPS) is 14.1. The van der Waals surface area contributed by atoms with Gasteiger partial charge in [-0.15, -0.1) is 0 Å². The van der Waals surface area contributed by atoms with Crippen molar-refractivity contribution in [2.45, 2.75) is 26.4 Å². The largest absolute Gasteiger partial charge is 0.350 e. The van der Waals surface area contributed by atoms with Crippen LogP contribution in [0.5, 0.6) is 0 Å². The molecular formula is C21H23FN4O3. The highest BCUT2D eigenvalue weighted by Crippen LogP contribution is 2.28. The number of anilines is 2. The summed E-state index contributed by atoms with van der Waals surface area (Å²) in [5, 5.41) is 8.08. The quantitative estimate of drug-likeness (QED) is 0.723. The van der Waals surface area contributed by atoms with Gasteiger partial charge in [0.2, 0.25) is 11.8 Å². The molecule has 2 aromatic carbocycles. The van der Waals surface area contributed by atoms with E-state index < -0.39 is 23.8 Å². The van der Waals surface area contributed by atoms with E-state index in [1.165, 1.54) is 11.0 Å². The van der Waals surface area contributed by atoms with Crippen molar-refractivity contribution in [2.24, 2.45) is 5.92 Å². The second-order valence-electron chi connectivity index (χ2n) is 7.13. The molecule has 152 valence electrons. The number of urea groups is 1. The maximum atomic E-state index is 13.8. The number of fused-ring (bicyclic) bond motifs is 1. The van der Waals surface area contributed by atoms with Crippen LogP contribution in [0.2, 0.25) is 0 Å². The zero-order valence-corrected chi connectivity index (χ0v) is 16.2. The fourth-order valence-corrected chi connectivity index (χ4v) is 3.09. The number of hydrogen-bond donors (Lipinski definition) is 3. The zero-order valence-electron chi connectivity index (χ0n) is 16.2. The van der Waals surface area contributed by atoms with Crippen LogP contribution in [-0.4, -0.2) is 30.4 Å². The maximum Gasteiger partial charge on any atom is 0.323 e. The standard InChI is InChI=1S/C21H23FN4O3/c1-13(2)19(20(28)23-11-14-7-3-4-8-15(14)22)25-21(29)26-12-18(27)24-16-9-5-6-10-17(16)26/h3-10,13,19H,11-12H2,1-2H3,(H,23,28)(H,24,27)(H,25,29)/t19-/m0/s1. The molecule has 0 spiro atoms. The van der Waals surface area contributed by atoms with Crippen LogP contribution in [0.25, 0.3) is 0 Å². The van der Waals surface area contributed by atoms with Crippen LogP contribution >= 0.6 is 0 Å². The number of nitrogens with zero attached hydrogens (tertiary/aromatic N) is 1. The van der Waals surface area contributed by atoms with E-state index in [0.29, 0.717) is 16.9 Å². The molecule has 1 aliphatic heterocycles. The van der Waals surface area contributed by atoms with Crippen molar-refractivity contribution in [3.05, 3.63) is 59.9 Å². The highest BCUT2D eigenvalue weighted by molar-refractivity contribution is 6.10. The summed E-state index contributed by atoms with van der Waals surface area (Å²) in [5.74, 6) is -1.36. The minimum Gasteiger partial charge on any atom is -0.350 e. The van der Waals surface area contributed by atoms with Crippen molar-refractivity contribution in [3.63, 3.8) is 0 Å². The van der Waals surface area contributed by atoms with Crippen LogP contribution in [-0.2, 0) is 16.1 Å². The van der Waals surface area contributed by atoms with E-state index >= 15 is 0 Å². The number of amides is 4. The molecule has 7 nitrogen and oxygen atoms in total. The molecule has 3 rings (SSSR count). The highest BCUT2D eigenvalue weighted by atomic mass is 19.1. The lowest BCUT2D eigenvalue weighted by atomic mass is 10.0. The first-order valence-electron chi connectivity index (χ1n) is 9.35. The number of hydrogen-bond acceptors (Lipinski definition) is 3. The number of carbonyl (C=O) groups excluding carboxylic acids is 3. The maximum absolute atomic E-state index is 13.8. The van der Waals surface area contributed by atoms with Gasteiger partial charge in [0.05, 0.1) is 11.4 Å². The summed E-state index contributed by atoms with van der Waals surface area (Å²) in [5.41, 5.74) is 1.44. The number of carbonyl (C=O) groups is 3. The van der Waals surface area contributed by atoms with Crippen molar-refractivity contribution in [1.29, 1.82) is 0 Å². The lowest BCUT2D eigenvalue weighted by molar-refractivity contribution is -0.124. The van der Waals surface area contributed by atoms with Crippen LogP contribution in [0, 0.1) is 11.7 Å². The molecule has 0 radical (unpaired) electrons. The zero-order chi connectivity index (χ0) is 21.0. The number of halogens is 1. The molecule has 1 atom stereocenters. The van der Waals surface area contributed by atoms with Crippen molar-refractivity contribution >= 4 is 29.2 Å². The Hall–Kier alpha value is -3.42. The molecule has 0 unspecified atom stereocenters. The van der Waals surface area contributed by atoms with Crippen LogP contribution < -0.4 is 20.9 Å². The van der Waals surface area contributed by atoms with E-state index in [0.717, 1.165) is 0 Å². The van der Waals surface area contributed by atoms with Crippen molar-refractivity contribution in [2.75, 3.05) is 16.8 Å². The van der Waals surface area contributed by atoms with Gasteiger partial charge in [0, 0.05) is 12.1 Å². The van der Waals surface area contributed by atoms with E-state index in [1.807, 2.05) is 0 Å². The molecule has 0 fully saturated rings. The molecule has 2 aromatic rings.